The summed E-state index contributed by atoms with van der Waals surface area (Å²) in [6.45, 7) is 6.81. The van der Waals surface area contributed by atoms with Gasteiger partial charge in [0.2, 0.25) is 0 Å². The van der Waals surface area contributed by atoms with Crippen molar-refractivity contribution in [2.45, 2.75) is 31.9 Å². The molecule has 21 heavy (non-hydrogen) atoms. The molecule has 0 aliphatic carbocycles. The van der Waals surface area contributed by atoms with Gasteiger partial charge in [0, 0.05) is 18.2 Å². The van der Waals surface area contributed by atoms with Gasteiger partial charge < -0.3 is 14.9 Å². The molecule has 1 aromatic carbocycles. The van der Waals surface area contributed by atoms with Gasteiger partial charge in [-0.3, -0.25) is 0 Å². The fraction of sp³-hybridized carbons (Fsp3) is 0.353. The Morgan fingerprint density at radius 1 is 1.38 bits per heavy atom. The standard InChI is InChI=1S/C17H22N2O2/c1-3-9-17(2,20)10-11-18-13-15-12-16(21-19-15)14-7-5-4-6-8-14/h3-8,12,18,20H,1,9-11,13H2,2H3. The molecule has 1 heterocycles. The van der Waals surface area contributed by atoms with E-state index in [9.17, 15) is 5.11 Å². The summed E-state index contributed by atoms with van der Waals surface area (Å²) in [5.41, 5.74) is 1.18. The molecule has 0 aliphatic rings. The Hall–Kier alpha value is -1.91. The van der Waals surface area contributed by atoms with Crippen LogP contribution in [0.1, 0.15) is 25.5 Å². The Kier molecular flexibility index (Phi) is 5.31. The summed E-state index contributed by atoms with van der Waals surface area (Å²) < 4.78 is 5.33. The van der Waals surface area contributed by atoms with Crippen molar-refractivity contribution < 1.29 is 9.63 Å². The fourth-order valence-corrected chi connectivity index (χ4v) is 2.12. The maximum Gasteiger partial charge on any atom is 0.167 e. The highest BCUT2D eigenvalue weighted by molar-refractivity contribution is 5.56. The van der Waals surface area contributed by atoms with Crippen LogP contribution in [0.15, 0.2) is 53.6 Å². The zero-order valence-electron chi connectivity index (χ0n) is 12.4. The fourth-order valence-electron chi connectivity index (χ4n) is 2.12. The Bertz CT molecular complexity index is 561. The number of nitrogens with zero attached hydrogens (tertiary/aromatic N) is 1. The second kappa shape index (κ2) is 7.20. The summed E-state index contributed by atoms with van der Waals surface area (Å²) >= 11 is 0. The lowest BCUT2D eigenvalue weighted by Crippen LogP contribution is -2.29. The molecular formula is C17H22N2O2. The Morgan fingerprint density at radius 3 is 2.86 bits per heavy atom. The van der Waals surface area contributed by atoms with Gasteiger partial charge in [0.1, 0.15) is 0 Å². The van der Waals surface area contributed by atoms with Crippen LogP contribution in [0.2, 0.25) is 0 Å². The topological polar surface area (TPSA) is 58.3 Å². The predicted molar refractivity (Wildman–Crippen MR) is 83.7 cm³/mol. The van der Waals surface area contributed by atoms with Crippen LogP contribution in [0, 0.1) is 0 Å². The molecule has 0 saturated heterocycles. The third kappa shape index (κ3) is 4.85. The molecule has 2 N–H and O–H groups in total. The minimum atomic E-state index is -0.701. The molecule has 0 radical (unpaired) electrons. The summed E-state index contributed by atoms with van der Waals surface area (Å²) in [5, 5.41) is 17.3. The second-order valence-corrected chi connectivity index (χ2v) is 5.47. The number of benzene rings is 1. The zero-order valence-corrected chi connectivity index (χ0v) is 12.4. The van der Waals surface area contributed by atoms with Crippen molar-refractivity contribution in [2.24, 2.45) is 0 Å². The summed E-state index contributed by atoms with van der Waals surface area (Å²) in [7, 11) is 0. The van der Waals surface area contributed by atoms with Crippen LogP contribution in [0.4, 0.5) is 0 Å². The van der Waals surface area contributed by atoms with Crippen molar-refractivity contribution in [2.75, 3.05) is 6.54 Å². The highest BCUT2D eigenvalue weighted by Crippen LogP contribution is 2.19. The first-order chi connectivity index (χ1) is 10.1. The second-order valence-electron chi connectivity index (χ2n) is 5.47. The largest absolute Gasteiger partial charge is 0.390 e. The van der Waals surface area contributed by atoms with Crippen LogP contribution in [-0.4, -0.2) is 22.4 Å². The summed E-state index contributed by atoms with van der Waals surface area (Å²) in [5.74, 6) is 0.769. The van der Waals surface area contributed by atoms with Gasteiger partial charge in [-0.15, -0.1) is 6.58 Å². The number of nitrogens with one attached hydrogen (secondary N) is 1. The molecule has 0 bridgehead atoms. The van der Waals surface area contributed by atoms with E-state index < -0.39 is 5.60 Å². The van der Waals surface area contributed by atoms with E-state index >= 15 is 0 Å². The van der Waals surface area contributed by atoms with E-state index in [2.05, 4.69) is 17.1 Å². The number of hydrogen-bond acceptors (Lipinski definition) is 4. The smallest absolute Gasteiger partial charge is 0.167 e. The quantitative estimate of drug-likeness (QED) is 0.578. The number of hydrogen-bond donors (Lipinski definition) is 2. The van der Waals surface area contributed by atoms with E-state index in [1.165, 1.54) is 0 Å². The van der Waals surface area contributed by atoms with Crippen LogP contribution in [0.5, 0.6) is 0 Å². The van der Waals surface area contributed by atoms with Crippen LogP contribution < -0.4 is 5.32 Å². The average molecular weight is 286 g/mol. The van der Waals surface area contributed by atoms with Gasteiger partial charge in [-0.1, -0.05) is 41.6 Å². The molecule has 0 fully saturated rings. The van der Waals surface area contributed by atoms with Crippen molar-refractivity contribution in [3.05, 3.63) is 54.7 Å². The molecule has 4 heteroatoms. The number of aromatic nitrogens is 1. The summed E-state index contributed by atoms with van der Waals surface area (Å²) in [6, 6.07) is 11.8. The van der Waals surface area contributed by atoms with Crippen molar-refractivity contribution in [3.63, 3.8) is 0 Å². The SMILES string of the molecule is C=CCC(C)(O)CCNCc1cc(-c2ccccc2)on1. The normalized spacial score (nSPS) is 13.8. The Balaban J connectivity index is 1.80. The molecule has 1 aromatic heterocycles. The lowest BCUT2D eigenvalue weighted by Gasteiger charge is -2.21. The molecule has 112 valence electrons. The highest BCUT2D eigenvalue weighted by atomic mass is 16.5. The molecule has 2 rings (SSSR count). The van der Waals surface area contributed by atoms with Gasteiger partial charge in [0.05, 0.1) is 11.3 Å². The van der Waals surface area contributed by atoms with Gasteiger partial charge in [0.15, 0.2) is 5.76 Å². The maximum absolute atomic E-state index is 10.0. The van der Waals surface area contributed by atoms with E-state index in [1.807, 2.05) is 43.3 Å². The molecule has 2 aromatic rings. The van der Waals surface area contributed by atoms with Crippen molar-refractivity contribution in [1.29, 1.82) is 0 Å². The molecular weight excluding hydrogens is 264 g/mol. The average Bonchev–Trinajstić information content (AvgIpc) is 2.93. The third-order valence-electron chi connectivity index (χ3n) is 3.35. The molecule has 1 atom stereocenters. The molecule has 0 amide bonds. The van der Waals surface area contributed by atoms with E-state index in [0.717, 1.165) is 17.0 Å². The minimum Gasteiger partial charge on any atom is -0.390 e. The first-order valence-electron chi connectivity index (χ1n) is 7.16. The first kappa shape index (κ1) is 15.5. The lowest BCUT2D eigenvalue weighted by molar-refractivity contribution is 0.0542. The van der Waals surface area contributed by atoms with Gasteiger partial charge in [0.25, 0.3) is 0 Å². The van der Waals surface area contributed by atoms with Crippen molar-refractivity contribution in [1.82, 2.24) is 10.5 Å². The van der Waals surface area contributed by atoms with Gasteiger partial charge in [-0.2, -0.15) is 0 Å². The Labute approximate surface area is 125 Å². The van der Waals surface area contributed by atoms with Crippen LogP contribution in [0.25, 0.3) is 11.3 Å². The lowest BCUT2D eigenvalue weighted by atomic mass is 9.98. The predicted octanol–water partition coefficient (Wildman–Crippen LogP) is 3.15. The number of aliphatic hydroxyl groups is 1. The van der Waals surface area contributed by atoms with Crippen LogP contribution in [0.3, 0.4) is 0 Å². The van der Waals surface area contributed by atoms with E-state index in [1.54, 1.807) is 6.08 Å². The highest BCUT2D eigenvalue weighted by Gasteiger charge is 2.17. The van der Waals surface area contributed by atoms with Crippen LogP contribution >= 0.6 is 0 Å². The molecule has 4 nitrogen and oxygen atoms in total. The number of rotatable bonds is 8. The minimum absolute atomic E-state index is 0.594. The van der Waals surface area contributed by atoms with E-state index in [4.69, 9.17) is 4.52 Å². The maximum atomic E-state index is 10.0. The molecule has 0 aliphatic heterocycles. The monoisotopic (exact) mass is 286 g/mol. The van der Waals surface area contributed by atoms with Gasteiger partial charge >= 0.3 is 0 Å². The van der Waals surface area contributed by atoms with Gasteiger partial charge in [-0.05, 0) is 26.3 Å². The van der Waals surface area contributed by atoms with Crippen molar-refractivity contribution >= 4 is 0 Å². The van der Waals surface area contributed by atoms with Crippen molar-refractivity contribution in [3.8, 4) is 11.3 Å². The first-order valence-corrected chi connectivity index (χ1v) is 7.16. The van der Waals surface area contributed by atoms with Crippen LogP contribution in [-0.2, 0) is 6.54 Å². The molecule has 0 spiro atoms. The summed E-state index contributed by atoms with van der Waals surface area (Å²) in [4.78, 5) is 0. The van der Waals surface area contributed by atoms with E-state index in [-0.39, 0.29) is 0 Å². The molecule has 1 unspecified atom stereocenters. The van der Waals surface area contributed by atoms with E-state index in [0.29, 0.717) is 25.9 Å². The third-order valence-corrected chi connectivity index (χ3v) is 3.35. The summed E-state index contributed by atoms with van der Waals surface area (Å²) in [6.07, 6.45) is 3.00. The Morgan fingerprint density at radius 2 is 2.14 bits per heavy atom. The zero-order chi connectivity index (χ0) is 15.1. The van der Waals surface area contributed by atoms with Gasteiger partial charge in [-0.25, -0.2) is 0 Å². The molecule has 0 saturated carbocycles.